The summed E-state index contributed by atoms with van der Waals surface area (Å²) in [6.45, 7) is 2.26. The molecule has 5 heteroatoms. The molecule has 2 rings (SSSR count). The molecule has 2 N–H and O–H groups in total. The molecule has 0 aliphatic heterocycles. The largest absolute Gasteiger partial charge is 0.506 e. The molecule has 0 spiro atoms. The van der Waals surface area contributed by atoms with Crippen LogP contribution >= 0.6 is 22.6 Å². The third-order valence-corrected chi connectivity index (χ3v) is 3.36. The molecule has 1 aromatic carbocycles. The Hall–Kier alpha value is -1.37. The number of nitrogens with zero attached hydrogens (tertiary/aromatic N) is 1. The zero-order valence-electron chi connectivity index (χ0n) is 9.74. The molecule has 0 radical (unpaired) electrons. The average Bonchev–Trinajstić information content (AvgIpc) is 2.32. The second kappa shape index (κ2) is 5.51. The van der Waals surface area contributed by atoms with Crippen molar-refractivity contribution in [3.63, 3.8) is 0 Å². The number of aromatic nitrogens is 1. The van der Waals surface area contributed by atoms with E-state index >= 15 is 0 Å². The summed E-state index contributed by atoms with van der Waals surface area (Å²) in [7, 11) is 0. The van der Waals surface area contributed by atoms with Gasteiger partial charge in [-0.3, -0.25) is 4.98 Å². The first-order valence-electron chi connectivity index (χ1n) is 5.40. The number of rotatable bonds is 3. The van der Waals surface area contributed by atoms with Crippen molar-refractivity contribution in [1.29, 1.82) is 0 Å². The van der Waals surface area contributed by atoms with Crippen molar-refractivity contribution in [2.24, 2.45) is 0 Å². The molecule has 1 heterocycles. The number of benzene rings is 1. The van der Waals surface area contributed by atoms with Crippen LogP contribution in [0, 0.1) is 16.3 Å². The van der Waals surface area contributed by atoms with Crippen LogP contribution in [0.15, 0.2) is 30.3 Å². The minimum Gasteiger partial charge on any atom is -0.506 e. The van der Waals surface area contributed by atoms with Crippen molar-refractivity contribution < 1.29 is 9.50 Å². The van der Waals surface area contributed by atoms with Gasteiger partial charge in [-0.05, 0) is 59.8 Å². The lowest BCUT2D eigenvalue weighted by molar-refractivity contribution is 0.464. The van der Waals surface area contributed by atoms with E-state index in [4.69, 9.17) is 0 Å². The SMILES string of the molecule is Cc1ccc(O)c(CNc2ccc(F)cc2I)n1. The van der Waals surface area contributed by atoms with Crippen molar-refractivity contribution in [3.05, 3.63) is 51.1 Å². The lowest BCUT2D eigenvalue weighted by Gasteiger charge is -2.09. The van der Waals surface area contributed by atoms with Crippen molar-refractivity contribution >= 4 is 28.3 Å². The van der Waals surface area contributed by atoms with E-state index < -0.39 is 0 Å². The molecule has 1 aromatic heterocycles. The van der Waals surface area contributed by atoms with Crippen LogP contribution in [0.4, 0.5) is 10.1 Å². The van der Waals surface area contributed by atoms with Gasteiger partial charge in [-0.25, -0.2) is 4.39 Å². The highest BCUT2D eigenvalue weighted by Gasteiger charge is 2.05. The van der Waals surface area contributed by atoms with Crippen LogP contribution in [0.1, 0.15) is 11.4 Å². The van der Waals surface area contributed by atoms with E-state index in [1.807, 2.05) is 6.92 Å². The summed E-state index contributed by atoms with van der Waals surface area (Å²) in [6.07, 6.45) is 0. The Balaban J connectivity index is 2.13. The zero-order chi connectivity index (χ0) is 13.1. The number of nitrogens with one attached hydrogen (secondary N) is 1. The first-order chi connectivity index (χ1) is 8.56. The molecule has 0 aliphatic carbocycles. The summed E-state index contributed by atoms with van der Waals surface area (Å²) in [5.41, 5.74) is 2.24. The third-order valence-electron chi connectivity index (χ3n) is 2.47. The van der Waals surface area contributed by atoms with E-state index in [1.54, 1.807) is 18.2 Å². The zero-order valence-corrected chi connectivity index (χ0v) is 11.9. The molecule has 3 nitrogen and oxygen atoms in total. The molecule has 18 heavy (non-hydrogen) atoms. The van der Waals surface area contributed by atoms with Crippen LogP contribution in [-0.4, -0.2) is 10.1 Å². The van der Waals surface area contributed by atoms with E-state index in [-0.39, 0.29) is 11.6 Å². The van der Waals surface area contributed by atoms with E-state index in [0.717, 1.165) is 15.0 Å². The second-order valence-corrected chi connectivity index (χ2v) is 5.06. The van der Waals surface area contributed by atoms with Crippen LogP contribution in [0.25, 0.3) is 0 Å². The predicted octanol–water partition coefficient (Wildman–Crippen LogP) is 3.45. The van der Waals surface area contributed by atoms with Gasteiger partial charge in [0.05, 0.1) is 6.54 Å². The Morgan fingerprint density at radius 2 is 2.11 bits per heavy atom. The molecule has 0 amide bonds. The highest BCUT2D eigenvalue weighted by atomic mass is 127. The van der Waals surface area contributed by atoms with E-state index in [9.17, 15) is 9.50 Å². The standard InChI is InChI=1S/C13H12FIN2O/c1-8-2-5-13(18)12(17-8)7-16-11-4-3-9(14)6-10(11)15/h2-6,16,18H,7H2,1H3. The molecule has 0 bridgehead atoms. The summed E-state index contributed by atoms with van der Waals surface area (Å²) >= 11 is 2.06. The van der Waals surface area contributed by atoms with Crippen LogP contribution in [0.3, 0.4) is 0 Å². The highest BCUT2D eigenvalue weighted by Crippen LogP contribution is 2.21. The number of hydrogen-bond donors (Lipinski definition) is 2. The van der Waals surface area contributed by atoms with Crippen LogP contribution < -0.4 is 5.32 Å². The molecule has 0 saturated heterocycles. The number of anilines is 1. The van der Waals surface area contributed by atoms with Crippen molar-refractivity contribution in [1.82, 2.24) is 4.98 Å². The molecule has 2 aromatic rings. The molecule has 94 valence electrons. The number of halogens is 2. The van der Waals surface area contributed by atoms with Gasteiger partial charge < -0.3 is 10.4 Å². The summed E-state index contributed by atoms with van der Waals surface area (Å²) in [5.74, 6) is -0.105. The van der Waals surface area contributed by atoms with E-state index in [0.29, 0.717) is 12.2 Å². The highest BCUT2D eigenvalue weighted by molar-refractivity contribution is 14.1. The number of aryl methyl sites for hydroxylation is 1. The molecular formula is C13H12FIN2O. The monoisotopic (exact) mass is 358 g/mol. The quantitative estimate of drug-likeness (QED) is 0.827. The van der Waals surface area contributed by atoms with Crippen molar-refractivity contribution in [2.75, 3.05) is 5.32 Å². The number of pyridine rings is 1. The van der Waals surface area contributed by atoms with Gasteiger partial charge in [-0.1, -0.05) is 0 Å². The fourth-order valence-electron chi connectivity index (χ4n) is 1.55. The first-order valence-corrected chi connectivity index (χ1v) is 6.48. The Bertz CT molecular complexity index is 575. The van der Waals surface area contributed by atoms with Crippen molar-refractivity contribution in [2.45, 2.75) is 13.5 Å². The first kappa shape index (κ1) is 13.1. The Morgan fingerprint density at radius 1 is 1.33 bits per heavy atom. The van der Waals surface area contributed by atoms with Gasteiger partial charge in [0.25, 0.3) is 0 Å². The molecule has 0 atom stereocenters. The average molecular weight is 358 g/mol. The molecular weight excluding hydrogens is 346 g/mol. The maximum atomic E-state index is 12.9. The van der Waals surface area contributed by atoms with Crippen LogP contribution in [0.5, 0.6) is 5.75 Å². The van der Waals surface area contributed by atoms with E-state index in [2.05, 4.69) is 32.9 Å². The summed E-state index contributed by atoms with van der Waals surface area (Å²) < 4.78 is 13.7. The van der Waals surface area contributed by atoms with E-state index in [1.165, 1.54) is 12.1 Å². The minimum absolute atomic E-state index is 0.158. The van der Waals surface area contributed by atoms with Crippen molar-refractivity contribution in [3.8, 4) is 5.75 Å². The Labute approximate surface area is 118 Å². The predicted molar refractivity (Wildman–Crippen MR) is 77.1 cm³/mol. The molecule has 0 aliphatic rings. The van der Waals surface area contributed by atoms with Gasteiger partial charge in [0.1, 0.15) is 17.3 Å². The fraction of sp³-hybridized carbons (Fsp3) is 0.154. The van der Waals surface area contributed by atoms with Gasteiger partial charge >= 0.3 is 0 Å². The van der Waals surface area contributed by atoms with Gasteiger partial charge in [0, 0.05) is 15.0 Å². The third kappa shape index (κ3) is 3.10. The number of hydrogen-bond acceptors (Lipinski definition) is 3. The maximum absolute atomic E-state index is 12.9. The summed E-state index contributed by atoms with van der Waals surface area (Å²) in [4.78, 5) is 4.25. The molecule has 0 saturated carbocycles. The Morgan fingerprint density at radius 3 is 2.83 bits per heavy atom. The minimum atomic E-state index is -0.263. The normalized spacial score (nSPS) is 10.4. The van der Waals surface area contributed by atoms with Gasteiger partial charge in [0.2, 0.25) is 0 Å². The molecule has 0 fully saturated rings. The van der Waals surface area contributed by atoms with Gasteiger partial charge in [-0.2, -0.15) is 0 Å². The summed E-state index contributed by atoms with van der Waals surface area (Å²) in [6, 6.07) is 7.89. The smallest absolute Gasteiger partial charge is 0.138 e. The van der Waals surface area contributed by atoms with Gasteiger partial charge in [0.15, 0.2) is 0 Å². The second-order valence-electron chi connectivity index (χ2n) is 3.90. The topological polar surface area (TPSA) is 45.1 Å². The van der Waals surface area contributed by atoms with Gasteiger partial charge in [-0.15, -0.1) is 0 Å². The molecule has 0 unspecified atom stereocenters. The fourth-order valence-corrected chi connectivity index (χ4v) is 2.21. The van der Waals surface area contributed by atoms with Crippen LogP contribution in [0.2, 0.25) is 0 Å². The number of aromatic hydroxyl groups is 1. The Kier molecular flexibility index (Phi) is 4.00. The maximum Gasteiger partial charge on any atom is 0.138 e. The lowest BCUT2D eigenvalue weighted by atomic mass is 10.2. The lowest BCUT2D eigenvalue weighted by Crippen LogP contribution is -2.04. The van der Waals surface area contributed by atoms with Crippen LogP contribution in [-0.2, 0) is 6.54 Å². The summed E-state index contributed by atoms with van der Waals surface area (Å²) in [5, 5.41) is 12.8.